The monoisotopic (exact) mass is 319 g/mol. The number of aromatic nitrogens is 3. The molecule has 0 bridgehead atoms. The first kappa shape index (κ1) is 13.3. The van der Waals surface area contributed by atoms with Crippen molar-refractivity contribution in [1.82, 2.24) is 14.5 Å². The highest BCUT2D eigenvalue weighted by molar-refractivity contribution is 5.91. The molecule has 0 radical (unpaired) electrons. The molecule has 6 nitrogen and oxygen atoms in total. The van der Waals surface area contributed by atoms with E-state index in [0.717, 1.165) is 16.5 Å². The summed E-state index contributed by atoms with van der Waals surface area (Å²) in [7, 11) is 0. The number of phenols is 1. The lowest BCUT2D eigenvalue weighted by atomic mass is 10.0. The third-order valence-corrected chi connectivity index (χ3v) is 4.60. The molecule has 0 amide bonds. The molecule has 118 valence electrons. The van der Waals surface area contributed by atoms with Gasteiger partial charge in [-0.05, 0) is 24.3 Å². The van der Waals surface area contributed by atoms with Crippen LogP contribution in [0.3, 0.4) is 0 Å². The highest BCUT2D eigenvalue weighted by Gasteiger charge is 2.29. The smallest absolute Gasteiger partial charge is 0.261 e. The number of aromatic amines is 1. The van der Waals surface area contributed by atoms with E-state index in [1.807, 2.05) is 24.3 Å². The maximum Gasteiger partial charge on any atom is 0.261 e. The molecule has 0 spiro atoms. The largest absolute Gasteiger partial charge is 0.508 e. The highest BCUT2D eigenvalue weighted by Crippen LogP contribution is 2.38. The zero-order valence-electron chi connectivity index (χ0n) is 12.5. The zero-order chi connectivity index (χ0) is 16.4. The average Bonchev–Trinajstić information content (AvgIpc) is 2.97. The number of aliphatic hydroxyl groups is 1. The van der Waals surface area contributed by atoms with E-state index >= 15 is 0 Å². The van der Waals surface area contributed by atoms with Gasteiger partial charge in [0.2, 0.25) is 0 Å². The molecule has 1 aliphatic heterocycles. The summed E-state index contributed by atoms with van der Waals surface area (Å²) in [5.74, 6) is 0.527. The van der Waals surface area contributed by atoms with E-state index in [9.17, 15) is 15.0 Å². The van der Waals surface area contributed by atoms with Crippen LogP contribution in [0, 0.1) is 0 Å². The van der Waals surface area contributed by atoms with Crippen molar-refractivity contribution in [2.24, 2.45) is 0 Å². The number of hydrogen-bond donors (Lipinski definition) is 3. The Labute approximate surface area is 135 Å². The number of H-pyrrole nitrogens is 1. The standard InChI is InChI=1S/C18H13N3O3/c22-9-5-6-13-11(7-9)18(24)21-8-14(23)15-10-3-1-2-4-12(10)19-16(15)17(21)20-13/h1-7,14,19,22-23H,8H2/t14-/m0/s1. The van der Waals surface area contributed by atoms with Crippen LogP contribution in [-0.4, -0.2) is 24.7 Å². The van der Waals surface area contributed by atoms with E-state index in [-0.39, 0.29) is 17.9 Å². The van der Waals surface area contributed by atoms with Crippen molar-refractivity contribution in [3.63, 3.8) is 0 Å². The predicted molar refractivity (Wildman–Crippen MR) is 89.9 cm³/mol. The molecule has 3 heterocycles. The first-order chi connectivity index (χ1) is 11.6. The molecule has 0 saturated heterocycles. The van der Waals surface area contributed by atoms with Crippen LogP contribution in [0.2, 0.25) is 0 Å². The number of fused-ring (bicyclic) bond motifs is 6. The molecule has 4 aromatic rings. The molecule has 3 N–H and O–H groups in total. The van der Waals surface area contributed by atoms with Gasteiger partial charge in [-0.3, -0.25) is 9.36 Å². The van der Waals surface area contributed by atoms with Gasteiger partial charge in [0.05, 0.1) is 29.2 Å². The summed E-state index contributed by atoms with van der Waals surface area (Å²) in [5, 5.41) is 21.5. The summed E-state index contributed by atoms with van der Waals surface area (Å²) in [5.41, 5.74) is 2.59. The molecule has 0 saturated carbocycles. The van der Waals surface area contributed by atoms with Crippen LogP contribution in [0.15, 0.2) is 47.3 Å². The van der Waals surface area contributed by atoms with Crippen molar-refractivity contribution < 1.29 is 10.2 Å². The van der Waals surface area contributed by atoms with Gasteiger partial charge in [0.1, 0.15) is 5.75 Å². The number of nitrogens with one attached hydrogen (secondary N) is 1. The third-order valence-electron chi connectivity index (χ3n) is 4.60. The number of hydrogen-bond acceptors (Lipinski definition) is 4. The molecule has 6 heteroatoms. The van der Waals surface area contributed by atoms with Gasteiger partial charge in [-0.25, -0.2) is 4.98 Å². The maximum absolute atomic E-state index is 12.8. The number of benzene rings is 2. The lowest BCUT2D eigenvalue weighted by Crippen LogP contribution is -2.29. The van der Waals surface area contributed by atoms with Crippen LogP contribution < -0.4 is 5.56 Å². The van der Waals surface area contributed by atoms with E-state index in [2.05, 4.69) is 9.97 Å². The predicted octanol–water partition coefficient (Wildman–Crippen LogP) is 2.30. The topological polar surface area (TPSA) is 91.1 Å². The zero-order valence-corrected chi connectivity index (χ0v) is 12.5. The summed E-state index contributed by atoms with van der Waals surface area (Å²) in [6, 6.07) is 12.3. The van der Waals surface area contributed by atoms with Crippen molar-refractivity contribution >= 4 is 21.8 Å². The minimum atomic E-state index is -0.794. The fourth-order valence-corrected chi connectivity index (χ4v) is 3.52. The minimum absolute atomic E-state index is 0.0182. The third kappa shape index (κ3) is 1.63. The highest BCUT2D eigenvalue weighted by atomic mass is 16.3. The van der Waals surface area contributed by atoms with Crippen molar-refractivity contribution in [2.45, 2.75) is 12.6 Å². The Morgan fingerprint density at radius 1 is 1.17 bits per heavy atom. The number of para-hydroxylation sites is 1. The number of rotatable bonds is 0. The molecular formula is C18H13N3O3. The first-order valence-corrected chi connectivity index (χ1v) is 7.66. The summed E-state index contributed by atoms with van der Waals surface area (Å²) in [6.45, 7) is 0.140. The van der Waals surface area contributed by atoms with Crippen molar-refractivity contribution in [3.8, 4) is 17.3 Å². The average molecular weight is 319 g/mol. The second kappa shape index (κ2) is 4.46. The van der Waals surface area contributed by atoms with Crippen LogP contribution in [0.5, 0.6) is 5.75 Å². The second-order valence-corrected chi connectivity index (χ2v) is 6.03. The molecule has 1 atom stereocenters. The summed E-state index contributed by atoms with van der Waals surface area (Å²) < 4.78 is 1.46. The van der Waals surface area contributed by atoms with Crippen molar-refractivity contribution in [3.05, 3.63) is 58.4 Å². The van der Waals surface area contributed by atoms with Gasteiger partial charge in [0, 0.05) is 16.5 Å². The van der Waals surface area contributed by atoms with E-state index in [1.165, 1.54) is 16.7 Å². The quantitative estimate of drug-likeness (QED) is 0.464. The summed E-state index contributed by atoms with van der Waals surface area (Å²) in [4.78, 5) is 20.7. The summed E-state index contributed by atoms with van der Waals surface area (Å²) in [6.07, 6.45) is -0.794. The lowest BCUT2D eigenvalue weighted by molar-refractivity contribution is 0.153. The molecule has 0 fully saturated rings. The van der Waals surface area contributed by atoms with Crippen LogP contribution in [0.4, 0.5) is 0 Å². The van der Waals surface area contributed by atoms with Crippen LogP contribution in [0.1, 0.15) is 11.7 Å². The molecule has 1 aliphatic rings. The molecule has 2 aromatic carbocycles. The number of nitrogens with zero attached hydrogens (tertiary/aromatic N) is 2. The van der Waals surface area contributed by atoms with E-state index < -0.39 is 6.10 Å². The van der Waals surface area contributed by atoms with Gasteiger partial charge in [-0.1, -0.05) is 18.2 Å². The van der Waals surface area contributed by atoms with Gasteiger partial charge in [0.25, 0.3) is 5.56 Å². The minimum Gasteiger partial charge on any atom is -0.508 e. The first-order valence-electron chi connectivity index (χ1n) is 7.66. The van der Waals surface area contributed by atoms with Gasteiger partial charge in [-0.15, -0.1) is 0 Å². The molecule has 0 unspecified atom stereocenters. The Bertz CT molecular complexity index is 1190. The van der Waals surface area contributed by atoms with Gasteiger partial charge in [0.15, 0.2) is 5.82 Å². The van der Waals surface area contributed by atoms with Crippen molar-refractivity contribution in [1.29, 1.82) is 0 Å². The van der Waals surface area contributed by atoms with E-state index in [1.54, 1.807) is 6.07 Å². The Morgan fingerprint density at radius 3 is 2.88 bits per heavy atom. The number of phenolic OH excluding ortho intramolecular Hbond substituents is 1. The van der Waals surface area contributed by atoms with Crippen LogP contribution in [-0.2, 0) is 6.54 Å². The Hall–Kier alpha value is -3.12. The molecule has 24 heavy (non-hydrogen) atoms. The van der Waals surface area contributed by atoms with Crippen molar-refractivity contribution in [2.75, 3.05) is 0 Å². The lowest BCUT2D eigenvalue weighted by Gasteiger charge is -2.23. The Kier molecular flexibility index (Phi) is 2.47. The Morgan fingerprint density at radius 2 is 2.00 bits per heavy atom. The van der Waals surface area contributed by atoms with Gasteiger partial charge in [-0.2, -0.15) is 0 Å². The second-order valence-electron chi connectivity index (χ2n) is 6.03. The molecule has 5 rings (SSSR count). The van der Waals surface area contributed by atoms with E-state index in [4.69, 9.17) is 0 Å². The Balaban J connectivity index is 1.92. The fraction of sp³-hybridized carbons (Fsp3) is 0.111. The maximum atomic E-state index is 12.8. The number of aromatic hydroxyl groups is 1. The summed E-state index contributed by atoms with van der Waals surface area (Å²) >= 11 is 0. The SMILES string of the molecule is O=c1c2cc(O)ccc2nc2n1C[C@H](O)c1c-2[nH]c2ccccc12. The normalized spacial score (nSPS) is 16.3. The van der Waals surface area contributed by atoms with Crippen LogP contribution in [0.25, 0.3) is 33.3 Å². The molecule has 2 aromatic heterocycles. The van der Waals surface area contributed by atoms with E-state index in [0.29, 0.717) is 22.4 Å². The fourth-order valence-electron chi connectivity index (χ4n) is 3.52. The molecular weight excluding hydrogens is 306 g/mol. The van der Waals surface area contributed by atoms with Gasteiger partial charge < -0.3 is 15.2 Å². The van der Waals surface area contributed by atoms with Gasteiger partial charge >= 0.3 is 0 Å². The number of aliphatic hydroxyl groups excluding tert-OH is 1. The molecule has 0 aliphatic carbocycles. The van der Waals surface area contributed by atoms with Crippen LogP contribution >= 0.6 is 0 Å².